The van der Waals surface area contributed by atoms with Crippen LogP contribution in [0.3, 0.4) is 0 Å². The molecule has 0 aliphatic carbocycles. The molecule has 1 unspecified atom stereocenters. The number of carbonyl (C=O) groups excluding carboxylic acids is 1. The van der Waals surface area contributed by atoms with Crippen molar-refractivity contribution in [2.24, 2.45) is 5.16 Å². The third kappa shape index (κ3) is 4.11. The van der Waals surface area contributed by atoms with Gasteiger partial charge in [0.1, 0.15) is 5.75 Å². The van der Waals surface area contributed by atoms with Gasteiger partial charge in [-0.1, -0.05) is 17.3 Å². The average molecular weight is 347 g/mol. The van der Waals surface area contributed by atoms with Crippen molar-refractivity contribution in [2.75, 3.05) is 46.5 Å². The van der Waals surface area contributed by atoms with Gasteiger partial charge < -0.3 is 19.6 Å². The molecular weight excluding hydrogens is 322 g/mol. The lowest BCUT2D eigenvalue weighted by Gasteiger charge is -2.27. The van der Waals surface area contributed by atoms with Crippen LogP contribution in [0.2, 0.25) is 0 Å². The minimum atomic E-state index is -0.985. The maximum Gasteiger partial charge on any atom is 0.267 e. The van der Waals surface area contributed by atoms with E-state index in [-0.39, 0.29) is 5.91 Å². The summed E-state index contributed by atoms with van der Waals surface area (Å²) >= 11 is 0. The van der Waals surface area contributed by atoms with E-state index in [1.807, 2.05) is 24.3 Å². The van der Waals surface area contributed by atoms with Crippen molar-refractivity contribution in [1.82, 2.24) is 10.2 Å². The summed E-state index contributed by atoms with van der Waals surface area (Å²) in [6, 6.07) is 7.60. The zero-order chi connectivity index (χ0) is 17.7. The van der Waals surface area contributed by atoms with Gasteiger partial charge in [0.2, 0.25) is 5.60 Å². The largest absolute Gasteiger partial charge is 0.496 e. The van der Waals surface area contributed by atoms with E-state index in [0.717, 1.165) is 49.9 Å². The number of morpholine rings is 1. The third-order valence-electron chi connectivity index (χ3n) is 4.58. The zero-order valence-electron chi connectivity index (χ0n) is 14.8. The van der Waals surface area contributed by atoms with E-state index < -0.39 is 5.60 Å². The molecule has 7 nitrogen and oxygen atoms in total. The van der Waals surface area contributed by atoms with Gasteiger partial charge in [0.15, 0.2) is 0 Å². The number of carbonyl (C=O) groups is 1. The highest BCUT2D eigenvalue weighted by Gasteiger charge is 2.42. The Bertz CT molecular complexity index is 643. The molecule has 1 amide bonds. The Kier molecular flexibility index (Phi) is 5.55. The summed E-state index contributed by atoms with van der Waals surface area (Å²) in [6.07, 6.45) is 0.413. The molecule has 0 aromatic heterocycles. The SMILES string of the molecule is COc1ccccc1C1=NOC(C)(C(=O)NCCN2CCOCC2)C1. The molecule has 1 aromatic rings. The summed E-state index contributed by atoms with van der Waals surface area (Å²) in [5.41, 5.74) is 0.597. The Hall–Kier alpha value is -2.12. The first-order chi connectivity index (χ1) is 12.1. The molecule has 25 heavy (non-hydrogen) atoms. The highest BCUT2D eigenvalue weighted by atomic mass is 16.7. The molecule has 136 valence electrons. The molecule has 3 rings (SSSR count). The molecule has 1 fully saturated rings. The van der Waals surface area contributed by atoms with Crippen LogP contribution in [0.5, 0.6) is 5.75 Å². The highest BCUT2D eigenvalue weighted by molar-refractivity contribution is 6.07. The summed E-state index contributed by atoms with van der Waals surface area (Å²) in [6.45, 7) is 6.49. The van der Waals surface area contributed by atoms with Crippen molar-refractivity contribution in [1.29, 1.82) is 0 Å². The monoisotopic (exact) mass is 347 g/mol. The van der Waals surface area contributed by atoms with Crippen LogP contribution in [-0.2, 0) is 14.4 Å². The number of methoxy groups -OCH3 is 1. The highest BCUT2D eigenvalue weighted by Crippen LogP contribution is 2.30. The Morgan fingerprint density at radius 3 is 2.88 bits per heavy atom. The first-order valence-corrected chi connectivity index (χ1v) is 8.59. The molecule has 1 N–H and O–H groups in total. The van der Waals surface area contributed by atoms with E-state index in [9.17, 15) is 4.79 Å². The molecule has 0 radical (unpaired) electrons. The Morgan fingerprint density at radius 1 is 1.36 bits per heavy atom. The van der Waals surface area contributed by atoms with Crippen LogP contribution in [0.1, 0.15) is 18.9 Å². The molecular formula is C18H25N3O4. The fraction of sp³-hybridized carbons (Fsp3) is 0.556. The quantitative estimate of drug-likeness (QED) is 0.832. The van der Waals surface area contributed by atoms with Crippen molar-refractivity contribution >= 4 is 11.6 Å². The number of hydrogen-bond acceptors (Lipinski definition) is 6. The van der Waals surface area contributed by atoms with E-state index >= 15 is 0 Å². The van der Waals surface area contributed by atoms with Gasteiger partial charge in [0.05, 0.1) is 26.0 Å². The number of nitrogens with one attached hydrogen (secondary N) is 1. The lowest BCUT2D eigenvalue weighted by Crippen LogP contribution is -2.48. The Balaban J connectivity index is 1.53. The summed E-state index contributed by atoms with van der Waals surface area (Å²) < 4.78 is 10.7. The van der Waals surface area contributed by atoms with Gasteiger partial charge in [0, 0.05) is 38.2 Å². The number of nitrogens with zero attached hydrogens (tertiary/aromatic N) is 2. The molecule has 7 heteroatoms. The van der Waals surface area contributed by atoms with Crippen LogP contribution in [-0.4, -0.2) is 68.6 Å². The number of amides is 1. The fourth-order valence-corrected chi connectivity index (χ4v) is 3.03. The second kappa shape index (κ2) is 7.84. The second-order valence-electron chi connectivity index (χ2n) is 6.45. The molecule has 0 spiro atoms. The summed E-state index contributed by atoms with van der Waals surface area (Å²) in [7, 11) is 1.62. The number of oxime groups is 1. The number of ether oxygens (including phenoxy) is 2. The van der Waals surface area contributed by atoms with Crippen LogP contribution in [0, 0.1) is 0 Å². The van der Waals surface area contributed by atoms with Crippen molar-refractivity contribution in [2.45, 2.75) is 18.9 Å². The van der Waals surface area contributed by atoms with Gasteiger partial charge in [-0.2, -0.15) is 0 Å². The average Bonchev–Trinajstić information content (AvgIpc) is 3.06. The summed E-state index contributed by atoms with van der Waals surface area (Å²) in [4.78, 5) is 20.3. The maximum atomic E-state index is 12.6. The van der Waals surface area contributed by atoms with Crippen LogP contribution in [0.15, 0.2) is 29.4 Å². The van der Waals surface area contributed by atoms with Crippen LogP contribution >= 0.6 is 0 Å². The number of rotatable bonds is 6. The van der Waals surface area contributed by atoms with E-state index in [0.29, 0.717) is 13.0 Å². The zero-order valence-corrected chi connectivity index (χ0v) is 14.8. The lowest BCUT2D eigenvalue weighted by atomic mass is 9.94. The first-order valence-electron chi connectivity index (χ1n) is 8.59. The van der Waals surface area contributed by atoms with Gasteiger partial charge in [-0.3, -0.25) is 9.69 Å². The van der Waals surface area contributed by atoms with Crippen molar-refractivity contribution in [3.8, 4) is 5.75 Å². The van der Waals surface area contributed by atoms with Gasteiger partial charge in [-0.15, -0.1) is 0 Å². The molecule has 2 aliphatic rings. The normalized spacial score (nSPS) is 23.7. The van der Waals surface area contributed by atoms with E-state index in [4.69, 9.17) is 14.3 Å². The fourth-order valence-electron chi connectivity index (χ4n) is 3.03. The first kappa shape index (κ1) is 17.7. The standard InChI is InChI=1S/C18H25N3O4/c1-18(17(22)19-7-8-21-9-11-24-12-10-21)13-15(20-25-18)14-5-3-4-6-16(14)23-2/h3-6H,7-13H2,1-2H3,(H,19,22). The third-order valence-corrected chi connectivity index (χ3v) is 4.58. The Labute approximate surface area is 147 Å². The molecule has 1 aromatic carbocycles. The predicted molar refractivity (Wildman–Crippen MR) is 93.9 cm³/mol. The molecule has 1 saturated heterocycles. The summed E-state index contributed by atoms with van der Waals surface area (Å²) in [5, 5.41) is 7.10. The molecule has 2 aliphatic heterocycles. The van der Waals surface area contributed by atoms with E-state index in [1.54, 1.807) is 14.0 Å². The molecule has 0 bridgehead atoms. The second-order valence-corrected chi connectivity index (χ2v) is 6.45. The van der Waals surface area contributed by atoms with Crippen molar-refractivity contribution in [3.05, 3.63) is 29.8 Å². The smallest absolute Gasteiger partial charge is 0.267 e. The van der Waals surface area contributed by atoms with Gasteiger partial charge in [0.25, 0.3) is 5.91 Å². The van der Waals surface area contributed by atoms with Crippen LogP contribution in [0.4, 0.5) is 0 Å². The molecule has 2 heterocycles. The number of para-hydroxylation sites is 1. The van der Waals surface area contributed by atoms with Crippen LogP contribution in [0.25, 0.3) is 0 Å². The maximum absolute atomic E-state index is 12.6. The lowest BCUT2D eigenvalue weighted by molar-refractivity contribution is -0.141. The number of benzene rings is 1. The minimum Gasteiger partial charge on any atom is -0.496 e. The van der Waals surface area contributed by atoms with Crippen molar-refractivity contribution in [3.63, 3.8) is 0 Å². The number of hydrogen-bond donors (Lipinski definition) is 1. The van der Waals surface area contributed by atoms with E-state index in [1.165, 1.54) is 0 Å². The van der Waals surface area contributed by atoms with Gasteiger partial charge in [-0.25, -0.2) is 0 Å². The van der Waals surface area contributed by atoms with Gasteiger partial charge in [-0.05, 0) is 19.1 Å². The Morgan fingerprint density at radius 2 is 2.12 bits per heavy atom. The molecule has 1 atom stereocenters. The predicted octanol–water partition coefficient (Wildman–Crippen LogP) is 1.03. The minimum absolute atomic E-state index is 0.144. The van der Waals surface area contributed by atoms with Crippen molar-refractivity contribution < 1.29 is 19.1 Å². The topological polar surface area (TPSA) is 72.4 Å². The van der Waals surface area contributed by atoms with Gasteiger partial charge >= 0.3 is 0 Å². The summed E-state index contributed by atoms with van der Waals surface area (Å²) in [5.74, 6) is 0.580. The molecule has 0 saturated carbocycles. The van der Waals surface area contributed by atoms with Crippen LogP contribution < -0.4 is 10.1 Å². The van der Waals surface area contributed by atoms with E-state index in [2.05, 4.69) is 15.4 Å².